The van der Waals surface area contributed by atoms with Crippen LogP contribution in [0.1, 0.15) is 37.5 Å². The lowest BCUT2D eigenvalue weighted by atomic mass is 10.0. The molecule has 0 radical (unpaired) electrons. The topological polar surface area (TPSA) is 170 Å². The number of fused-ring (bicyclic) bond motifs is 1. The van der Waals surface area contributed by atoms with Gasteiger partial charge in [0.1, 0.15) is 12.4 Å². The van der Waals surface area contributed by atoms with Gasteiger partial charge in [-0.05, 0) is 86.3 Å². The van der Waals surface area contributed by atoms with E-state index in [4.69, 9.17) is 42.3 Å². The van der Waals surface area contributed by atoms with Crippen molar-refractivity contribution in [2.45, 2.75) is 38.5 Å². The third kappa shape index (κ3) is 15.8. The highest BCUT2D eigenvalue weighted by atomic mass is 32.2. The van der Waals surface area contributed by atoms with E-state index >= 15 is 0 Å². The summed E-state index contributed by atoms with van der Waals surface area (Å²) in [6.07, 6.45) is 0.933. The molecule has 0 atom stereocenters. The molecule has 2 heterocycles. The number of rotatable bonds is 29. The van der Waals surface area contributed by atoms with E-state index in [0.29, 0.717) is 102 Å². The number of carbonyl (C=O) groups excluding carboxylic acids is 2. The van der Waals surface area contributed by atoms with Crippen LogP contribution in [0.15, 0.2) is 95.9 Å². The highest BCUT2D eigenvalue weighted by Gasteiger charge is 2.27. The van der Waals surface area contributed by atoms with Gasteiger partial charge >= 0.3 is 0 Å². The van der Waals surface area contributed by atoms with Crippen molar-refractivity contribution < 1.29 is 55.3 Å². The van der Waals surface area contributed by atoms with E-state index in [0.717, 1.165) is 50.5 Å². The minimum atomic E-state index is -3.80. The van der Waals surface area contributed by atoms with Crippen LogP contribution in [0.2, 0.25) is 0 Å². The predicted octanol–water partition coefficient (Wildman–Crippen LogP) is 7.00. The summed E-state index contributed by atoms with van der Waals surface area (Å²) in [7, 11) is -3.80. The van der Waals surface area contributed by atoms with Crippen LogP contribution in [0.25, 0.3) is 11.3 Å². The van der Waals surface area contributed by atoms with E-state index in [1.807, 2.05) is 86.3 Å². The van der Waals surface area contributed by atoms with Crippen LogP contribution >= 0.6 is 11.3 Å². The van der Waals surface area contributed by atoms with E-state index in [9.17, 15) is 18.0 Å². The molecule has 66 heavy (non-hydrogen) atoms. The van der Waals surface area contributed by atoms with Crippen molar-refractivity contribution >= 4 is 44.1 Å². The fourth-order valence-corrected chi connectivity index (χ4v) is 8.67. The van der Waals surface area contributed by atoms with E-state index in [-0.39, 0.29) is 36.3 Å². The van der Waals surface area contributed by atoms with E-state index < -0.39 is 10.1 Å². The van der Waals surface area contributed by atoms with Gasteiger partial charge in [-0.15, -0.1) is 11.3 Å². The Morgan fingerprint density at radius 3 is 1.92 bits per heavy atom. The summed E-state index contributed by atoms with van der Waals surface area (Å²) in [5, 5.41) is 3.50. The Balaban J connectivity index is 0.746. The minimum Gasteiger partial charge on any atom is -0.491 e. The molecule has 0 bridgehead atoms. The molecule has 2 amide bonds. The van der Waals surface area contributed by atoms with Gasteiger partial charge in [0.25, 0.3) is 16.0 Å². The Kier molecular flexibility index (Phi) is 20.1. The number of ether oxygens (including phenoxy) is 7. The fourth-order valence-electron chi connectivity index (χ4n) is 6.93. The lowest BCUT2D eigenvalue weighted by molar-refractivity contribution is -0.115. The number of benzene rings is 4. The second kappa shape index (κ2) is 26.3. The number of hydrogen-bond acceptors (Lipinski definition) is 14. The number of aromatic nitrogens is 1. The average molecular weight is 946 g/mol. The van der Waals surface area contributed by atoms with Crippen molar-refractivity contribution in [1.29, 1.82) is 0 Å². The molecule has 1 aliphatic heterocycles. The first-order valence-corrected chi connectivity index (χ1v) is 24.2. The second-order valence-electron chi connectivity index (χ2n) is 15.3. The molecule has 5 aromatic rings. The van der Waals surface area contributed by atoms with Crippen molar-refractivity contribution in [3.05, 3.63) is 124 Å². The van der Waals surface area contributed by atoms with Gasteiger partial charge in [0.05, 0.1) is 103 Å². The lowest BCUT2D eigenvalue weighted by Crippen LogP contribution is -2.29. The van der Waals surface area contributed by atoms with Gasteiger partial charge in [0.15, 0.2) is 5.13 Å². The maximum absolute atomic E-state index is 13.3. The molecule has 1 aromatic heterocycles. The van der Waals surface area contributed by atoms with E-state index in [1.54, 1.807) is 12.1 Å². The molecule has 0 spiro atoms. The molecule has 354 valence electrons. The Morgan fingerprint density at radius 1 is 0.682 bits per heavy atom. The van der Waals surface area contributed by atoms with E-state index in [2.05, 4.69) is 11.4 Å². The monoisotopic (exact) mass is 945 g/mol. The maximum Gasteiger partial charge on any atom is 0.297 e. The molecule has 0 fully saturated rings. The number of amides is 2. The first-order valence-electron chi connectivity index (χ1n) is 22.0. The van der Waals surface area contributed by atoms with Gasteiger partial charge in [-0.2, -0.15) is 8.42 Å². The molecule has 0 aliphatic carbocycles. The summed E-state index contributed by atoms with van der Waals surface area (Å²) in [5.74, 6) is 0.487. The van der Waals surface area contributed by atoms with E-state index in [1.165, 1.54) is 23.5 Å². The molecule has 0 saturated heterocycles. The third-order valence-electron chi connectivity index (χ3n) is 10.3. The van der Waals surface area contributed by atoms with Gasteiger partial charge in [-0.25, -0.2) is 4.98 Å². The second-order valence-corrected chi connectivity index (χ2v) is 18.1. The number of carbonyl (C=O) groups is 2. The van der Waals surface area contributed by atoms with Crippen molar-refractivity contribution in [2.75, 3.05) is 109 Å². The van der Waals surface area contributed by atoms with Crippen molar-refractivity contribution in [2.24, 2.45) is 0 Å². The number of nitrogens with zero attached hydrogens (tertiary/aromatic N) is 2. The highest BCUT2D eigenvalue weighted by Crippen LogP contribution is 2.36. The van der Waals surface area contributed by atoms with Crippen LogP contribution in [-0.4, -0.2) is 124 Å². The van der Waals surface area contributed by atoms with Crippen LogP contribution < -0.4 is 15.0 Å². The van der Waals surface area contributed by atoms with Gasteiger partial charge in [0.2, 0.25) is 5.91 Å². The Labute approximate surface area is 391 Å². The summed E-state index contributed by atoms with van der Waals surface area (Å²) >= 11 is 1.44. The molecule has 15 nitrogen and oxygen atoms in total. The first kappa shape index (κ1) is 50.3. The third-order valence-corrected chi connectivity index (χ3v) is 12.5. The highest BCUT2D eigenvalue weighted by molar-refractivity contribution is 7.86. The largest absolute Gasteiger partial charge is 0.491 e. The van der Waals surface area contributed by atoms with Crippen LogP contribution in [0.5, 0.6) is 5.75 Å². The Hall–Kier alpha value is -5.08. The Bertz CT molecular complexity index is 2430. The molecular weight excluding hydrogens is 887 g/mol. The molecule has 17 heteroatoms. The number of anilines is 2. The number of thiazole rings is 1. The summed E-state index contributed by atoms with van der Waals surface area (Å²) in [4.78, 5) is 34.1. The number of hydrogen-bond donors (Lipinski definition) is 1. The van der Waals surface area contributed by atoms with Gasteiger partial charge in [0, 0.05) is 28.2 Å². The molecule has 0 unspecified atom stereocenters. The van der Waals surface area contributed by atoms with Crippen LogP contribution in [0, 0.1) is 20.8 Å². The molecule has 0 saturated carbocycles. The van der Waals surface area contributed by atoms with Crippen LogP contribution in [-0.2, 0) is 60.4 Å². The molecule has 1 aliphatic rings. The van der Waals surface area contributed by atoms with Crippen molar-refractivity contribution in [1.82, 2.24) is 4.98 Å². The quantitative estimate of drug-likeness (QED) is 0.0384. The summed E-state index contributed by atoms with van der Waals surface area (Å²) in [6.45, 7) is 11.3. The summed E-state index contributed by atoms with van der Waals surface area (Å²) < 4.78 is 68.2. The normalized spacial score (nSPS) is 12.4. The van der Waals surface area contributed by atoms with Gasteiger partial charge in [-0.1, -0.05) is 54.1 Å². The van der Waals surface area contributed by atoms with Gasteiger partial charge in [-0.3, -0.25) is 13.8 Å². The zero-order valence-corrected chi connectivity index (χ0v) is 39.4. The van der Waals surface area contributed by atoms with Gasteiger partial charge < -0.3 is 43.4 Å². The maximum atomic E-state index is 13.3. The molecule has 4 aromatic carbocycles. The zero-order valence-electron chi connectivity index (χ0n) is 37.8. The SMILES string of the molecule is Cc1ccc(S(=O)(=O)OCCOCCOCCOCCOCCOCCOCCOc2cccc(CC(=O)Nc3nc(-c4ccc5c(c4)CCN5C(=O)c4ccccc4C)c(C)s3)c2)cc1. The zero-order chi connectivity index (χ0) is 46.6. The fraction of sp³-hybridized carbons (Fsp3) is 0.408. The van der Waals surface area contributed by atoms with Crippen molar-refractivity contribution in [3.8, 4) is 17.0 Å². The standard InChI is InChI=1S/C49H59N3O12S2/c1-36-11-14-43(15-12-36)66(55,56)64-32-30-62-28-26-60-24-22-58-20-19-57-21-23-59-25-27-61-29-31-63-42-9-6-8-39(33-42)34-46(53)50-49-51-47(38(3)65-49)41-13-16-45-40(35-41)17-18-52(45)48(54)44-10-5-4-7-37(44)2/h4-16,33,35H,17-32,34H2,1-3H3,(H,50,51,53). The average Bonchev–Trinajstić information content (AvgIpc) is 3.90. The first-order chi connectivity index (χ1) is 32.1. The van der Waals surface area contributed by atoms with Crippen molar-refractivity contribution in [3.63, 3.8) is 0 Å². The summed E-state index contributed by atoms with van der Waals surface area (Å²) in [5.41, 5.74) is 7.26. The number of nitrogens with one attached hydrogen (secondary N) is 1. The van der Waals surface area contributed by atoms with Crippen LogP contribution in [0.4, 0.5) is 10.8 Å². The van der Waals surface area contributed by atoms with Crippen LogP contribution in [0.3, 0.4) is 0 Å². The summed E-state index contributed by atoms with van der Waals surface area (Å²) in [6, 6.07) is 27.7. The molecular formula is C49H59N3O12S2. The number of aryl methyl sites for hydroxylation is 3. The smallest absolute Gasteiger partial charge is 0.297 e. The minimum absolute atomic E-state index is 0.0115. The molecule has 6 rings (SSSR count). The predicted molar refractivity (Wildman–Crippen MR) is 252 cm³/mol. The molecule has 1 N–H and O–H groups in total. The Morgan fingerprint density at radius 2 is 1.29 bits per heavy atom. The lowest BCUT2D eigenvalue weighted by Gasteiger charge is -2.18.